The van der Waals surface area contributed by atoms with Crippen LogP contribution in [-0.2, 0) is 14.4 Å². The van der Waals surface area contributed by atoms with Crippen LogP contribution in [0.5, 0.6) is 0 Å². The van der Waals surface area contributed by atoms with Crippen LogP contribution in [-0.4, -0.2) is 50.0 Å². The van der Waals surface area contributed by atoms with Gasteiger partial charge in [0.05, 0.1) is 0 Å². The molecule has 0 bridgehead atoms. The Bertz CT molecular complexity index is 694. The van der Waals surface area contributed by atoms with Gasteiger partial charge in [-0.15, -0.1) is 11.8 Å². The molecule has 24 heavy (non-hydrogen) atoms. The summed E-state index contributed by atoms with van der Waals surface area (Å²) in [5.41, 5.74) is 6.59. The third kappa shape index (κ3) is 2.55. The Morgan fingerprint density at radius 1 is 1.33 bits per heavy atom. The molecule has 2 fully saturated rings. The third-order valence-corrected chi connectivity index (χ3v) is 5.99. The Morgan fingerprint density at radius 3 is 2.54 bits per heavy atom. The summed E-state index contributed by atoms with van der Waals surface area (Å²) in [6.07, 6.45) is 0. The van der Waals surface area contributed by atoms with Gasteiger partial charge >= 0.3 is 5.97 Å². The third-order valence-electron chi connectivity index (χ3n) is 4.41. The van der Waals surface area contributed by atoms with Gasteiger partial charge in [-0.1, -0.05) is 30.3 Å². The maximum atomic E-state index is 12.3. The van der Waals surface area contributed by atoms with E-state index < -0.39 is 34.7 Å². The van der Waals surface area contributed by atoms with Gasteiger partial charge in [-0.3, -0.25) is 9.59 Å². The zero-order valence-corrected chi connectivity index (χ0v) is 14.1. The number of fused-ring (bicyclic) bond motifs is 1. The molecule has 1 aromatic rings. The first kappa shape index (κ1) is 16.8. The van der Waals surface area contributed by atoms with Crippen molar-refractivity contribution in [2.24, 2.45) is 5.73 Å². The summed E-state index contributed by atoms with van der Waals surface area (Å²) in [4.78, 5) is 37.5. The van der Waals surface area contributed by atoms with Crippen LogP contribution < -0.4 is 11.1 Å². The Balaban J connectivity index is 1.71. The molecule has 3 rings (SSSR count). The minimum atomic E-state index is -1.03. The second-order valence-electron chi connectivity index (χ2n) is 6.47. The van der Waals surface area contributed by atoms with E-state index in [4.69, 9.17) is 5.73 Å². The standard InChI is InChI=1S/C16H19N3O4S/c1-16(2)11(15(22)23)19-13(21)10(14(19)24-16)18-12(20)9(17)8-6-4-3-5-7-8/h3-7,9-11,14H,17H2,1-2H3,(H,18,20)(H,22,23)/t9?,10?,11?,14-/m0/s1. The molecule has 2 heterocycles. The molecule has 0 aliphatic carbocycles. The lowest BCUT2D eigenvalue weighted by Gasteiger charge is -2.43. The molecule has 4 atom stereocenters. The van der Waals surface area contributed by atoms with Gasteiger partial charge in [0.2, 0.25) is 11.8 Å². The molecule has 0 aromatic heterocycles. The highest BCUT2D eigenvalue weighted by molar-refractivity contribution is 8.01. The molecule has 0 radical (unpaired) electrons. The summed E-state index contributed by atoms with van der Waals surface area (Å²) in [6.45, 7) is 3.58. The van der Waals surface area contributed by atoms with Crippen molar-refractivity contribution in [3.8, 4) is 0 Å². The maximum Gasteiger partial charge on any atom is 0.327 e. The summed E-state index contributed by atoms with van der Waals surface area (Å²) in [6, 6.07) is 6.38. The smallest absolute Gasteiger partial charge is 0.327 e. The predicted octanol–water partition coefficient (Wildman–Crippen LogP) is 0.318. The fourth-order valence-corrected chi connectivity index (χ4v) is 4.83. The van der Waals surface area contributed by atoms with Crippen LogP contribution in [0.1, 0.15) is 25.5 Å². The topological polar surface area (TPSA) is 113 Å². The SMILES string of the molecule is CC1(C)S[C@H]2C(NC(=O)C(N)c3ccccc3)C(=O)N2C1C(=O)O. The molecular formula is C16H19N3O4S. The van der Waals surface area contributed by atoms with Gasteiger partial charge < -0.3 is 21.1 Å². The van der Waals surface area contributed by atoms with E-state index in [0.717, 1.165) is 0 Å². The molecule has 2 aliphatic heterocycles. The highest BCUT2D eigenvalue weighted by Crippen LogP contribution is 2.50. The van der Waals surface area contributed by atoms with Crippen molar-refractivity contribution in [2.45, 2.75) is 42.1 Å². The molecular weight excluding hydrogens is 330 g/mol. The molecule has 4 N–H and O–H groups in total. The molecule has 3 unspecified atom stereocenters. The van der Waals surface area contributed by atoms with E-state index in [1.807, 2.05) is 6.07 Å². The van der Waals surface area contributed by atoms with Gasteiger partial charge in [0, 0.05) is 4.75 Å². The fraction of sp³-hybridized carbons (Fsp3) is 0.438. The van der Waals surface area contributed by atoms with Crippen molar-refractivity contribution >= 4 is 29.5 Å². The number of carboxylic acids is 1. The van der Waals surface area contributed by atoms with Crippen molar-refractivity contribution in [3.05, 3.63) is 35.9 Å². The lowest BCUT2D eigenvalue weighted by molar-refractivity contribution is -0.161. The largest absolute Gasteiger partial charge is 0.480 e. The number of carboxylic acid groups (broad SMARTS) is 1. The Kier molecular flexibility index (Phi) is 4.05. The highest BCUT2D eigenvalue weighted by atomic mass is 32.2. The van der Waals surface area contributed by atoms with E-state index in [1.54, 1.807) is 38.1 Å². The van der Waals surface area contributed by atoms with Crippen LogP contribution >= 0.6 is 11.8 Å². The number of nitrogens with two attached hydrogens (primary N) is 1. The molecule has 7 nitrogen and oxygen atoms in total. The number of nitrogens with one attached hydrogen (secondary N) is 1. The number of hydrogen-bond donors (Lipinski definition) is 3. The maximum absolute atomic E-state index is 12.3. The van der Waals surface area contributed by atoms with E-state index in [1.165, 1.54) is 16.7 Å². The van der Waals surface area contributed by atoms with Gasteiger partial charge in [-0.05, 0) is 19.4 Å². The molecule has 128 valence electrons. The van der Waals surface area contributed by atoms with Gasteiger partial charge in [0.25, 0.3) is 0 Å². The highest BCUT2D eigenvalue weighted by Gasteiger charge is 2.64. The van der Waals surface area contributed by atoms with Crippen LogP contribution in [0.4, 0.5) is 0 Å². The van der Waals surface area contributed by atoms with E-state index in [-0.39, 0.29) is 11.3 Å². The average molecular weight is 349 g/mol. The quantitative estimate of drug-likeness (QED) is 0.675. The van der Waals surface area contributed by atoms with Gasteiger partial charge in [0.1, 0.15) is 23.5 Å². The van der Waals surface area contributed by atoms with Crippen molar-refractivity contribution in [1.29, 1.82) is 0 Å². The molecule has 2 amide bonds. The van der Waals surface area contributed by atoms with Gasteiger partial charge in [-0.25, -0.2) is 4.79 Å². The van der Waals surface area contributed by atoms with Crippen molar-refractivity contribution in [2.75, 3.05) is 0 Å². The molecule has 8 heteroatoms. The van der Waals surface area contributed by atoms with Crippen molar-refractivity contribution < 1.29 is 19.5 Å². The van der Waals surface area contributed by atoms with Crippen LogP contribution in [0.2, 0.25) is 0 Å². The summed E-state index contributed by atoms with van der Waals surface area (Å²) < 4.78 is -0.618. The number of rotatable bonds is 4. The van der Waals surface area contributed by atoms with Crippen LogP contribution in [0, 0.1) is 0 Å². The van der Waals surface area contributed by atoms with E-state index in [9.17, 15) is 19.5 Å². The summed E-state index contributed by atoms with van der Waals surface area (Å²) in [7, 11) is 0. The summed E-state index contributed by atoms with van der Waals surface area (Å²) >= 11 is 1.38. The first-order valence-corrected chi connectivity index (χ1v) is 8.45. The van der Waals surface area contributed by atoms with Crippen LogP contribution in [0.15, 0.2) is 30.3 Å². The number of aliphatic carboxylic acids is 1. The number of carbonyl (C=O) groups excluding carboxylic acids is 2. The zero-order chi connectivity index (χ0) is 17.6. The minimum Gasteiger partial charge on any atom is -0.480 e. The number of thioether (sulfide) groups is 1. The van der Waals surface area contributed by atoms with E-state index in [0.29, 0.717) is 5.56 Å². The molecule has 1 aromatic carbocycles. The lowest BCUT2D eigenvalue weighted by Crippen LogP contribution is -2.71. The molecule has 2 saturated heterocycles. The minimum absolute atomic E-state index is 0.375. The van der Waals surface area contributed by atoms with E-state index in [2.05, 4.69) is 5.32 Å². The van der Waals surface area contributed by atoms with Crippen LogP contribution in [0.3, 0.4) is 0 Å². The Hall–Kier alpha value is -2.06. The average Bonchev–Trinajstić information content (AvgIpc) is 2.80. The second kappa shape index (κ2) is 5.78. The molecule has 2 aliphatic rings. The number of nitrogens with zero attached hydrogens (tertiary/aromatic N) is 1. The monoisotopic (exact) mass is 349 g/mol. The van der Waals surface area contributed by atoms with Gasteiger partial charge in [0.15, 0.2) is 0 Å². The molecule has 0 spiro atoms. The summed E-state index contributed by atoms with van der Waals surface area (Å²) in [5, 5.41) is 11.7. The number of carbonyl (C=O) groups is 3. The number of amides is 2. The normalized spacial score (nSPS) is 28.7. The Morgan fingerprint density at radius 2 is 1.96 bits per heavy atom. The van der Waals surface area contributed by atoms with Gasteiger partial charge in [-0.2, -0.15) is 0 Å². The van der Waals surface area contributed by atoms with Crippen LogP contribution in [0.25, 0.3) is 0 Å². The second-order valence-corrected chi connectivity index (χ2v) is 8.24. The first-order valence-electron chi connectivity index (χ1n) is 7.58. The number of benzene rings is 1. The summed E-state index contributed by atoms with van der Waals surface area (Å²) in [5.74, 6) is -1.86. The van der Waals surface area contributed by atoms with Crippen molar-refractivity contribution in [3.63, 3.8) is 0 Å². The number of hydrogen-bond acceptors (Lipinski definition) is 5. The molecule has 0 saturated carbocycles. The lowest BCUT2D eigenvalue weighted by atomic mass is 9.95. The predicted molar refractivity (Wildman–Crippen MR) is 89.0 cm³/mol. The fourth-order valence-electron chi connectivity index (χ4n) is 3.20. The van der Waals surface area contributed by atoms with Crippen molar-refractivity contribution in [1.82, 2.24) is 10.2 Å². The first-order chi connectivity index (χ1) is 11.2. The number of β-lactam (4-membered cyclic amide) rings is 1. The van der Waals surface area contributed by atoms with E-state index >= 15 is 0 Å². The Labute approximate surface area is 143 Å². The zero-order valence-electron chi connectivity index (χ0n) is 13.3.